The highest BCUT2D eigenvalue weighted by molar-refractivity contribution is 6.08. The van der Waals surface area contributed by atoms with Crippen LogP contribution in [0, 0.1) is 5.41 Å². The molecule has 6 rings (SSSR count). The molecule has 3 aromatic rings. The van der Waals surface area contributed by atoms with Crippen molar-refractivity contribution in [1.82, 2.24) is 15.0 Å². The number of rotatable bonds is 2. The highest BCUT2D eigenvalue weighted by atomic mass is 16.2. The van der Waals surface area contributed by atoms with Crippen LogP contribution in [0.5, 0.6) is 0 Å². The van der Waals surface area contributed by atoms with E-state index in [1.165, 1.54) is 11.1 Å². The molecule has 0 saturated carbocycles. The number of benzene rings is 1. The van der Waals surface area contributed by atoms with Gasteiger partial charge in [-0.05, 0) is 47.9 Å². The van der Waals surface area contributed by atoms with E-state index >= 15 is 0 Å². The third-order valence-corrected chi connectivity index (χ3v) is 7.64. The van der Waals surface area contributed by atoms with E-state index in [4.69, 9.17) is 11.5 Å². The Morgan fingerprint density at radius 3 is 2.67 bits per heavy atom. The molecule has 0 bridgehead atoms. The first-order valence-corrected chi connectivity index (χ1v) is 11.5. The fourth-order valence-electron chi connectivity index (χ4n) is 5.74. The number of carbonyl (C=O) groups excluding carboxylic acids is 1. The molecule has 1 saturated heterocycles. The normalized spacial score (nSPS) is 20.7. The van der Waals surface area contributed by atoms with E-state index in [2.05, 4.69) is 44.1 Å². The fourth-order valence-corrected chi connectivity index (χ4v) is 5.74. The molecule has 1 amide bonds. The molecule has 2 aromatic heterocycles. The first-order chi connectivity index (χ1) is 16.1. The molecular formula is C25H27N7O. The predicted molar refractivity (Wildman–Crippen MR) is 127 cm³/mol. The number of nitrogens with two attached hydrogens (primary N) is 2. The van der Waals surface area contributed by atoms with Crippen molar-refractivity contribution in [2.45, 2.75) is 31.7 Å². The monoisotopic (exact) mass is 441 g/mol. The predicted octanol–water partition coefficient (Wildman–Crippen LogP) is 2.50. The standard InChI is InChI=1S/C25H27N7O/c26-22-17-5-2-1-4-16(17)14-25(22)8-12-31(13-9-25)20-15-29-21(23(27)30-20)24(33)32-11-7-18-19(32)6-3-10-28-18/h1-6,10,15,22H,7-9,11-14,26H2,(H2,27,30). The van der Waals surface area contributed by atoms with E-state index in [9.17, 15) is 4.79 Å². The first kappa shape index (κ1) is 20.1. The van der Waals surface area contributed by atoms with Crippen LogP contribution < -0.4 is 21.3 Å². The van der Waals surface area contributed by atoms with Gasteiger partial charge < -0.3 is 21.3 Å². The molecule has 0 radical (unpaired) electrons. The maximum Gasteiger partial charge on any atom is 0.280 e. The summed E-state index contributed by atoms with van der Waals surface area (Å²) in [5.41, 5.74) is 17.6. The van der Waals surface area contributed by atoms with Crippen LogP contribution in [0.15, 0.2) is 48.8 Å². The number of fused-ring (bicyclic) bond motifs is 2. The number of nitrogen functional groups attached to an aromatic ring is 1. The van der Waals surface area contributed by atoms with E-state index in [1.807, 2.05) is 12.1 Å². The number of hydrogen-bond donors (Lipinski definition) is 2. The largest absolute Gasteiger partial charge is 0.382 e. The summed E-state index contributed by atoms with van der Waals surface area (Å²) in [7, 11) is 0. The molecule has 3 aliphatic rings. The highest BCUT2D eigenvalue weighted by Crippen LogP contribution is 2.50. The van der Waals surface area contributed by atoms with Crippen LogP contribution in [0.4, 0.5) is 17.3 Å². The Labute approximate surface area is 192 Å². The number of anilines is 3. The van der Waals surface area contributed by atoms with Crippen LogP contribution in [-0.4, -0.2) is 40.5 Å². The van der Waals surface area contributed by atoms with E-state index in [1.54, 1.807) is 17.3 Å². The van der Waals surface area contributed by atoms with Gasteiger partial charge in [0.05, 0.1) is 17.6 Å². The second-order valence-corrected chi connectivity index (χ2v) is 9.34. The van der Waals surface area contributed by atoms with Gasteiger partial charge in [-0.15, -0.1) is 0 Å². The molecule has 2 aliphatic heterocycles. The highest BCUT2D eigenvalue weighted by Gasteiger charge is 2.46. The van der Waals surface area contributed by atoms with Crippen molar-refractivity contribution in [3.8, 4) is 0 Å². The van der Waals surface area contributed by atoms with Gasteiger partial charge in [-0.2, -0.15) is 0 Å². The van der Waals surface area contributed by atoms with Crippen molar-refractivity contribution in [1.29, 1.82) is 0 Å². The van der Waals surface area contributed by atoms with Crippen molar-refractivity contribution in [3.63, 3.8) is 0 Å². The molecule has 8 heteroatoms. The molecule has 1 fully saturated rings. The average molecular weight is 442 g/mol. The van der Waals surface area contributed by atoms with Gasteiger partial charge in [0.15, 0.2) is 11.5 Å². The lowest BCUT2D eigenvalue weighted by Gasteiger charge is -2.42. The van der Waals surface area contributed by atoms with Crippen molar-refractivity contribution < 1.29 is 4.79 Å². The maximum atomic E-state index is 13.1. The Hall–Kier alpha value is -3.52. The summed E-state index contributed by atoms with van der Waals surface area (Å²) in [4.78, 5) is 30.4. The van der Waals surface area contributed by atoms with Crippen molar-refractivity contribution >= 4 is 23.2 Å². The third kappa shape index (κ3) is 3.16. The van der Waals surface area contributed by atoms with Gasteiger partial charge in [0.2, 0.25) is 0 Å². The zero-order valence-electron chi connectivity index (χ0n) is 18.4. The molecule has 1 spiro atoms. The lowest BCUT2D eigenvalue weighted by atomic mass is 9.73. The van der Waals surface area contributed by atoms with Crippen LogP contribution in [0.3, 0.4) is 0 Å². The maximum absolute atomic E-state index is 13.1. The second kappa shape index (κ2) is 7.52. The number of aromatic nitrogens is 3. The molecule has 8 nitrogen and oxygen atoms in total. The minimum atomic E-state index is -0.231. The zero-order chi connectivity index (χ0) is 22.6. The summed E-state index contributed by atoms with van der Waals surface area (Å²) < 4.78 is 0. The van der Waals surface area contributed by atoms with E-state index < -0.39 is 0 Å². The van der Waals surface area contributed by atoms with Gasteiger partial charge in [-0.1, -0.05) is 24.3 Å². The van der Waals surface area contributed by atoms with Crippen molar-refractivity contribution in [3.05, 3.63) is 71.3 Å². The Morgan fingerprint density at radius 1 is 1.06 bits per heavy atom. The number of carbonyl (C=O) groups is 1. The molecule has 1 aromatic carbocycles. The Morgan fingerprint density at radius 2 is 1.88 bits per heavy atom. The minimum absolute atomic E-state index is 0.0739. The molecule has 33 heavy (non-hydrogen) atoms. The number of piperidine rings is 1. The molecule has 4 N–H and O–H groups in total. The SMILES string of the molecule is Nc1nc(N2CCC3(CC2)Cc2ccccc2C3N)cnc1C(=O)N1CCc2ncccc21. The lowest BCUT2D eigenvalue weighted by Crippen LogP contribution is -2.44. The molecule has 1 aliphatic carbocycles. The topological polar surface area (TPSA) is 114 Å². The second-order valence-electron chi connectivity index (χ2n) is 9.34. The van der Waals surface area contributed by atoms with Crippen molar-refractivity contribution in [2.75, 3.05) is 35.2 Å². The summed E-state index contributed by atoms with van der Waals surface area (Å²) in [6.07, 6.45) is 7.16. The van der Waals surface area contributed by atoms with E-state index in [-0.39, 0.29) is 28.9 Å². The van der Waals surface area contributed by atoms with Crippen LogP contribution in [0.2, 0.25) is 0 Å². The first-order valence-electron chi connectivity index (χ1n) is 11.5. The molecule has 4 heterocycles. The summed E-state index contributed by atoms with van der Waals surface area (Å²) in [5.74, 6) is 0.650. The minimum Gasteiger partial charge on any atom is -0.382 e. The molecule has 1 atom stereocenters. The Bertz CT molecular complexity index is 1230. The van der Waals surface area contributed by atoms with Crippen LogP contribution >= 0.6 is 0 Å². The molecule has 1 unspecified atom stereocenters. The summed E-state index contributed by atoms with van der Waals surface area (Å²) >= 11 is 0. The van der Waals surface area contributed by atoms with Gasteiger partial charge in [0.25, 0.3) is 5.91 Å². The lowest BCUT2D eigenvalue weighted by molar-refractivity contribution is 0.0985. The summed E-state index contributed by atoms with van der Waals surface area (Å²) in [6, 6.07) is 12.3. The Balaban J connectivity index is 1.18. The van der Waals surface area contributed by atoms with Gasteiger partial charge in [0, 0.05) is 38.3 Å². The number of nitrogens with zero attached hydrogens (tertiary/aromatic N) is 5. The number of amides is 1. The fraction of sp³-hybridized carbons (Fsp3) is 0.360. The molecular weight excluding hydrogens is 414 g/mol. The smallest absolute Gasteiger partial charge is 0.280 e. The summed E-state index contributed by atoms with van der Waals surface area (Å²) in [5, 5.41) is 0. The third-order valence-electron chi connectivity index (χ3n) is 7.64. The number of pyridine rings is 1. The van der Waals surface area contributed by atoms with Gasteiger partial charge >= 0.3 is 0 Å². The van der Waals surface area contributed by atoms with Gasteiger partial charge in [-0.3, -0.25) is 9.78 Å². The van der Waals surface area contributed by atoms with Crippen LogP contribution in [0.25, 0.3) is 0 Å². The van der Waals surface area contributed by atoms with Crippen molar-refractivity contribution in [2.24, 2.45) is 11.1 Å². The molecule has 168 valence electrons. The summed E-state index contributed by atoms with van der Waals surface area (Å²) in [6.45, 7) is 2.26. The van der Waals surface area contributed by atoms with Gasteiger partial charge in [0.1, 0.15) is 5.82 Å². The average Bonchev–Trinajstić information content (AvgIpc) is 3.39. The van der Waals surface area contributed by atoms with E-state index in [0.717, 1.165) is 50.2 Å². The van der Waals surface area contributed by atoms with Gasteiger partial charge in [-0.25, -0.2) is 9.97 Å². The number of hydrogen-bond acceptors (Lipinski definition) is 7. The van der Waals surface area contributed by atoms with Crippen LogP contribution in [0.1, 0.15) is 46.2 Å². The van der Waals surface area contributed by atoms with Crippen LogP contribution in [-0.2, 0) is 12.8 Å². The zero-order valence-corrected chi connectivity index (χ0v) is 18.4. The van der Waals surface area contributed by atoms with E-state index in [0.29, 0.717) is 12.4 Å². The quantitative estimate of drug-likeness (QED) is 0.628. The Kier molecular flexibility index (Phi) is 4.58.